The molecule has 4 heterocycles. The molecule has 0 spiro atoms. The van der Waals surface area contributed by atoms with Crippen LogP contribution in [0.5, 0.6) is 11.5 Å². The lowest BCUT2D eigenvalue weighted by molar-refractivity contribution is 0.0954. The molecule has 0 saturated carbocycles. The van der Waals surface area contributed by atoms with E-state index < -0.39 is 16.9 Å². The molecule has 13 heteroatoms. The number of H-pyrrole nitrogens is 4. The van der Waals surface area contributed by atoms with Gasteiger partial charge in [0.1, 0.15) is 23.7 Å². The fraction of sp³-hybridized carbons (Fsp3) is 0.444. The van der Waals surface area contributed by atoms with E-state index in [9.17, 15) is 19.2 Å². The Kier molecular flexibility index (Phi) is 14.1. The number of benzene rings is 2. The summed E-state index contributed by atoms with van der Waals surface area (Å²) in [5.74, 6) is 2.16. The number of nitrogens with one attached hydrogen (secondary N) is 5. The van der Waals surface area contributed by atoms with Crippen molar-refractivity contribution in [1.82, 2.24) is 30.2 Å². The van der Waals surface area contributed by atoms with Crippen LogP contribution in [0.15, 0.2) is 67.7 Å². The molecule has 0 unspecified atom stereocenters. The van der Waals surface area contributed by atoms with Crippen LogP contribution in [0, 0.1) is 27.7 Å². The summed E-state index contributed by atoms with van der Waals surface area (Å²) in [5.41, 5.74) is 4.32. The molecule has 0 bridgehead atoms. The molecule has 0 amide bonds. The van der Waals surface area contributed by atoms with Crippen LogP contribution in [0.1, 0.15) is 59.3 Å². The first kappa shape index (κ1) is 37.4. The van der Waals surface area contributed by atoms with Crippen molar-refractivity contribution in [3.8, 4) is 11.5 Å². The Morgan fingerprint density at radius 2 is 1.14 bits per heavy atom. The molecule has 2 aromatic heterocycles. The maximum Gasteiger partial charge on any atom is 0.325 e. The van der Waals surface area contributed by atoms with Crippen molar-refractivity contribution in [2.45, 2.75) is 78.0 Å². The molecule has 264 valence electrons. The van der Waals surface area contributed by atoms with E-state index in [1.54, 1.807) is 0 Å². The zero-order valence-electron chi connectivity index (χ0n) is 28.6. The topological polar surface area (TPSA) is 165 Å². The van der Waals surface area contributed by atoms with Gasteiger partial charge in [0, 0.05) is 43.2 Å². The summed E-state index contributed by atoms with van der Waals surface area (Å²) in [7, 11) is 0. The number of hydrogen-bond acceptors (Lipinski definition) is 8. The molecular formula is C36H47ClN6O6. The molecule has 49 heavy (non-hydrogen) atoms. The quantitative estimate of drug-likeness (QED) is 0.182. The zero-order chi connectivity index (χ0) is 35.3. The predicted octanol–water partition coefficient (Wildman–Crippen LogP) is 3.96. The van der Waals surface area contributed by atoms with Gasteiger partial charge in [0.2, 0.25) is 0 Å². The number of nitrogens with zero attached hydrogens (tertiary/aromatic N) is 1. The normalized spacial score (nSPS) is 15.4. The number of aromatic amines is 4. The van der Waals surface area contributed by atoms with E-state index in [4.69, 9.17) is 21.1 Å². The summed E-state index contributed by atoms with van der Waals surface area (Å²) in [6.07, 6.45) is 4.70. The van der Waals surface area contributed by atoms with Crippen LogP contribution in [0.4, 0.5) is 0 Å². The molecule has 0 radical (unpaired) electrons. The van der Waals surface area contributed by atoms with Crippen LogP contribution in [-0.2, 0) is 12.4 Å². The van der Waals surface area contributed by atoms with Crippen molar-refractivity contribution in [3.05, 3.63) is 124 Å². The SMILES string of the molecule is Cc1cccc(OC2CCN(Cc3cc(=O)[nH]c(=O)[nH]3)CC2)c1C.Cc1cccc(OC2CCNCC2)c1C.O=c1cc(CCl)[nH]c(=O)[nH]1. The number of hydrogen-bond donors (Lipinski definition) is 5. The molecule has 4 aromatic rings. The largest absolute Gasteiger partial charge is 0.490 e. The van der Waals surface area contributed by atoms with Crippen molar-refractivity contribution in [2.24, 2.45) is 0 Å². The van der Waals surface area contributed by atoms with Gasteiger partial charge in [0.05, 0.1) is 5.88 Å². The Hall–Kier alpha value is -4.39. The summed E-state index contributed by atoms with van der Waals surface area (Å²) in [5, 5.41) is 3.35. The first-order valence-electron chi connectivity index (χ1n) is 16.6. The average Bonchev–Trinajstić information content (AvgIpc) is 3.06. The highest BCUT2D eigenvalue weighted by Gasteiger charge is 2.22. The van der Waals surface area contributed by atoms with Crippen molar-refractivity contribution in [2.75, 3.05) is 26.2 Å². The number of halogens is 1. The number of alkyl halides is 1. The van der Waals surface area contributed by atoms with Crippen molar-refractivity contribution in [1.29, 1.82) is 0 Å². The third kappa shape index (κ3) is 11.9. The van der Waals surface area contributed by atoms with Gasteiger partial charge in [0.15, 0.2) is 0 Å². The van der Waals surface area contributed by atoms with Gasteiger partial charge in [-0.3, -0.25) is 24.5 Å². The molecule has 12 nitrogen and oxygen atoms in total. The van der Waals surface area contributed by atoms with Crippen LogP contribution in [0.3, 0.4) is 0 Å². The minimum atomic E-state index is -0.525. The van der Waals surface area contributed by atoms with E-state index in [0.29, 0.717) is 24.0 Å². The number of rotatable bonds is 7. The maximum absolute atomic E-state index is 11.4. The molecule has 5 N–H and O–H groups in total. The lowest BCUT2D eigenvalue weighted by Gasteiger charge is -2.32. The fourth-order valence-electron chi connectivity index (χ4n) is 5.60. The smallest absolute Gasteiger partial charge is 0.325 e. The van der Waals surface area contributed by atoms with E-state index in [1.165, 1.54) is 34.4 Å². The summed E-state index contributed by atoms with van der Waals surface area (Å²) < 4.78 is 12.2. The fourth-order valence-corrected chi connectivity index (χ4v) is 5.74. The third-order valence-electron chi connectivity index (χ3n) is 8.69. The van der Waals surface area contributed by atoms with Crippen LogP contribution in [-0.4, -0.2) is 63.2 Å². The lowest BCUT2D eigenvalue weighted by atomic mass is 10.1. The van der Waals surface area contributed by atoms with Crippen molar-refractivity contribution < 1.29 is 9.47 Å². The molecule has 2 aliphatic rings. The first-order valence-corrected chi connectivity index (χ1v) is 17.1. The van der Waals surface area contributed by atoms with Crippen LogP contribution in [0.25, 0.3) is 0 Å². The molecule has 2 aromatic carbocycles. The highest BCUT2D eigenvalue weighted by Crippen LogP contribution is 2.25. The zero-order valence-corrected chi connectivity index (χ0v) is 29.4. The van der Waals surface area contributed by atoms with Gasteiger partial charge < -0.3 is 24.8 Å². The number of aryl methyl sites for hydroxylation is 2. The molecule has 2 aliphatic heterocycles. The maximum atomic E-state index is 11.4. The second-order valence-electron chi connectivity index (χ2n) is 12.4. The van der Waals surface area contributed by atoms with E-state index in [2.05, 4.69) is 77.1 Å². The molecule has 0 aliphatic carbocycles. The van der Waals surface area contributed by atoms with Gasteiger partial charge in [-0.25, -0.2) is 9.59 Å². The Balaban J connectivity index is 0.000000184. The Labute approximate surface area is 290 Å². The number of piperidine rings is 2. The first-order chi connectivity index (χ1) is 23.5. The van der Waals surface area contributed by atoms with Crippen LogP contribution in [0.2, 0.25) is 0 Å². The molecule has 0 atom stereocenters. The van der Waals surface area contributed by atoms with Crippen LogP contribution >= 0.6 is 11.6 Å². The van der Waals surface area contributed by atoms with Gasteiger partial charge in [-0.1, -0.05) is 24.3 Å². The van der Waals surface area contributed by atoms with Crippen LogP contribution < -0.4 is 37.3 Å². The Bertz CT molecular complexity index is 1830. The summed E-state index contributed by atoms with van der Waals surface area (Å²) in [6, 6.07) is 15.1. The summed E-state index contributed by atoms with van der Waals surface area (Å²) >= 11 is 5.35. The third-order valence-corrected chi connectivity index (χ3v) is 8.98. The van der Waals surface area contributed by atoms with Gasteiger partial charge in [0.25, 0.3) is 11.1 Å². The van der Waals surface area contributed by atoms with Gasteiger partial charge in [-0.05, 0) is 101 Å². The van der Waals surface area contributed by atoms with E-state index in [0.717, 1.165) is 63.4 Å². The van der Waals surface area contributed by atoms with Gasteiger partial charge in [-0.15, -0.1) is 11.6 Å². The molecular weight excluding hydrogens is 648 g/mol. The molecule has 2 fully saturated rings. The monoisotopic (exact) mass is 694 g/mol. The van der Waals surface area contributed by atoms with Gasteiger partial charge >= 0.3 is 11.4 Å². The average molecular weight is 695 g/mol. The van der Waals surface area contributed by atoms with Gasteiger partial charge in [-0.2, -0.15) is 0 Å². The number of likely N-dealkylation sites (tertiary alicyclic amines) is 1. The standard InChI is InChI=1S/C18H23N3O3.C13H19NO.C5H5ClN2O2/c1-12-4-3-5-16(13(12)2)24-15-6-8-21(9-7-15)11-14-10-17(22)20-18(23)19-14;1-10-4-3-5-13(11(10)2)15-12-6-8-14-9-7-12;6-2-3-1-4(9)8-5(10)7-3/h3-5,10,15H,6-9,11H2,1-2H3,(H2,19,20,22,23);3-5,12,14H,6-9H2,1-2H3;1H,2H2,(H2,7,8,9,10). The highest BCUT2D eigenvalue weighted by atomic mass is 35.5. The minimum absolute atomic E-state index is 0.138. The van der Waals surface area contributed by atoms with E-state index >= 15 is 0 Å². The molecule has 2 saturated heterocycles. The number of aromatic nitrogens is 4. The second kappa shape index (κ2) is 18.4. The lowest BCUT2D eigenvalue weighted by Crippen LogP contribution is -2.38. The van der Waals surface area contributed by atoms with Crippen molar-refractivity contribution >= 4 is 11.6 Å². The summed E-state index contributed by atoms with van der Waals surface area (Å²) in [6.45, 7) is 12.9. The van der Waals surface area contributed by atoms with E-state index in [-0.39, 0.29) is 17.5 Å². The molecule has 6 rings (SSSR count). The highest BCUT2D eigenvalue weighted by molar-refractivity contribution is 6.16. The van der Waals surface area contributed by atoms with Crippen molar-refractivity contribution in [3.63, 3.8) is 0 Å². The minimum Gasteiger partial charge on any atom is -0.490 e. The second-order valence-corrected chi connectivity index (χ2v) is 12.7. The predicted molar refractivity (Wildman–Crippen MR) is 192 cm³/mol. The van der Waals surface area contributed by atoms with E-state index in [1.807, 2.05) is 17.1 Å². The summed E-state index contributed by atoms with van der Waals surface area (Å²) in [4.78, 5) is 55.2. The Morgan fingerprint density at radius 1 is 0.673 bits per heavy atom. The number of ether oxygens (including phenoxy) is 2. The Morgan fingerprint density at radius 3 is 1.63 bits per heavy atom.